The van der Waals surface area contributed by atoms with E-state index in [1.807, 2.05) is 4.90 Å². The summed E-state index contributed by atoms with van der Waals surface area (Å²) >= 11 is 1.35. The summed E-state index contributed by atoms with van der Waals surface area (Å²) < 4.78 is 29.7. The summed E-state index contributed by atoms with van der Waals surface area (Å²) in [5, 5.41) is 16.9. The predicted molar refractivity (Wildman–Crippen MR) is 101 cm³/mol. The van der Waals surface area contributed by atoms with Crippen LogP contribution in [0.4, 0.5) is 10.8 Å². The Bertz CT molecular complexity index is 1180. The van der Waals surface area contributed by atoms with E-state index in [2.05, 4.69) is 9.97 Å². The SMILES string of the molecule is NS(=O)(=O)c1cc(-c2nccs2)c2oc(N3CC4CC(C3)N4C(=O)O)nc2c1. The van der Waals surface area contributed by atoms with Crippen molar-refractivity contribution in [3.05, 3.63) is 23.7 Å². The summed E-state index contributed by atoms with van der Waals surface area (Å²) in [6.45, 7) is 0.953. The fourth-order valence-corrected chi connectivity index (χ4v) is 5.10. The lowest BCUT2D eigenvalue weighted by molar-refractivity contribution is 0.0101. The Kier molecular flexibility index (Phi) is 3.66. The van der Waals surface area contributed by atoms with Gasteiger partial charge in [-0.1, -0.05) is 0 Å². The number of hydrogen-bond donors (Lipinski definition) is 2. The van der Waals surface area contributed by atoms with Crippen LogP contribution < -0.4 is 10.0 Å². The van der Waals surface area contributed by atoms with Gasteiger partial charge in [0.15, 0.2) is 5.58 Å². The highest BCUT2D eigenvalue weighted by atomic mass is 32.2. The number of piperazine rings is 1. The molecular weight excluding hydrogens is 406 g/mol. The van der Waals surface area contributed by atoms with Crippen molar-refractivity contribution in [2.24, 2.45) is 5.14 Å². The van der Waals surface area contributed by atoms with Crippen molar-refractivity contribution in [1.29, 1.82) is 0 Å². The van der Waals surface area contributed by atoms with Gasteiger partial charge < -0.3 is 14.4 Å². The molecule has 2 unspecified atom stereocenters. The van der Waals surface area contributed by atoms with Crippen LogP contribution in [0.1, 0.15) is 6.42 Å². The summed E-state index contributed by atoms with van der Waals surface area (Å²) in [4.78, 5) is 23.3. The van der Waals surface area contributed by atoms with Gasteiger partial charge in [0.05, 0.1) is 22.5 Å². The van der Waals surface area contributed by atoms with Crippen molar-refractivity contribution in [3.8, 4) is 10.6 Å². The maximum atomic E-state index is 11.9. The molecule has 1 amide bonds. The van der Waals surface area contributed by atoms with E-state index in [9.17, 15) is 18.3 Å². The third-order valence-electron chi connectivity index (χ3n) is 5.13. The lowest BCUT2D eigenvalue weighted by Gasteiger charge is -2.54. The van der Waals surface area contributed by atoms with E-state index in [1.54, 1.807) is 11.6 Å². The van der Waals surface area contributed by atoms with E-state index in [0.717, 1.165) is 6.42 Å². The molecular formula is C16H15N5O5S2. The van der Waals surface area contributed by atoms with Gasteiger partial charge in [-0.25, -0.2) is 23.3 Å². The van der Waals surface area contributed by atoms with Crippen LogP contribution in [-0.4, -0.2) is 59.7 Å². The number of hydrogen-bond acceptors (Lipinski definition) is 8. The minimum absolute atomic E-state index is 0.0661. The third kappa shape index (κ3) is 2.64. The molecule has 6 rings (SSSR count). The first-order valence-electron chi connectivity index (χ1n) is 8.45. The Balaban J connectivity index is 1.58. The van der Waals surface area contributed by atoms with Crippen LogP contribution >= 0.6 is 11.3 Å². The van der Waals surface area contributed by atoms with Crippen molar-refractivity contribution >= 4 is 44.6 Å². The second-order valence-corrected chi connectivity index (χ2v) is 9.29. The van der Waals surface area contributed by atoms with E-state index < -0.39 is 16.1 Å². The summed E-state index contributed by atoms with van der Waals surface area (Å²) in [6.07, 6.45) is 1.52. The number of oxazole rings is 1. The van der Waals surface area contributed by atoms with E-state index >= 15 is 0 Å². The van der Waals surface area contributed by atoms with Crippen LogP contribution in [-0.2, 0) is 10.0 Å². The number of rotatable bonds is 3. The van der Waals surface area contributed by atoms with Gasteiger partial charge >= 0.3 is 6.09 Å². The van der Waals surface area contributed by atoms with Gasteiger partial charge in [-0.3, -0.25) is 4.90 Å². The Morgan fingerprint density at radius 2 is 2.07 bits per heavy atom. The number of piperidine rings is 1. The first-order chi connectivity index (χ1) is 13.3. The van der Waals surface area contributed by atoms with Gasteiger partial charge in [-0.2, -0.15) is 4.98 Å². The van der Waals surface area contributed by atoms with Crippen LogP contribution in [0.5, 0.6) is 0 Å². The predicted octanol–water partition coefficient (Wildman–Crippen LogP) is 1.54. The van der Waals surface area contributed by atoms with E-state index in [-0.39, 0.29) is 17.0 Å². The first kappa shape index (κ1) is 17.4. The molecule has 0 aliphatic carbocycles. The van der Waals surface area contributed by atoms with Gasteiger partial charge in [0.25, 0.3) is 6.01 Å². The smallest absolute Gasteiger partial charge is 0.407 e. The summed E-state index contributed by atoms with van der Waals surface area (Å²) in [6, 6.07) is 2.96. The van der Waals surface area contributed by atoms with E-state index in [4.69, 9.17) is 9.56 Å². The molecule has 0 spiro atoms. The Morgan fingerprint density at radius 1 is 1.32 bits per heavy atom. The Morgan fingerprint density at radius 3 is 2.68 bits per heavy atom. The summed E-state index contributed by atoms with van der Waals surface area (Å²) in [7, 11) is -3.93. The highest BCUT2D eigenvalue weighted by molar-refractivity contribution is 7.89. The second kappa shape index (κ2) is 5.90. The van der Waals surface area contributed by atoms with Crippen LogP contribution in [0.3, 0.4) is 0 Å². The second-order valence-electron chi connectivity index (χ2n) is 6.84. The number of carbonyl (C=O) groups is 1. The van der Waals surface area contributed by atoms with Crippen molar-refractivity contribution in [2.45, 2.75) is 23.4 Å². The number of anilines is 1. The average Bonchev–Trinajstić information content (AvgIpc) is 3.29. The molecule has 0 saturated carbocycles. The fourth-order valence-electron chi connectivity index (χ4n) is 3.89. The molecule has 10 nitrogen and oxygen atoms in total. The maximum Gasteiger partial charge on any atom is 0.407 e. The molecule has 5 heterocycles. The number of benzene rings is 1. The lowest BCUT2D eigenvalue weighted by Crippen LogP contribution is -2.70. The number of aromatic nitrogens is 2. The van der Waals surface area contributed by atoms with Crippen molar-refractivity contribution in [2.75, 3.05) is 18.0 Å². The van der Waals surface area contributed by atoms with Gasteiger partial charge in [0.2, 0.25) is 10.0 Å². The van der Waals surface area contributed by atoms with Gasteiger partial charge in [-0.05, 0) is 18.6 Å². The zero-order chi connectivity index (χ0) is 19.6. The largest absolute Gasteiger partial charge is 0.465 e. The van der Waals surface area contributed by atoms with Crippen molar-refractivity contribution in [3.63, 3.8) is 0 Å². The molecule has 2 atom stereocenters. The number of carboxylic acid groups (broad SMARTS) is 1. The number of nitrogens with zero attached hydrogens (tertiary/aromatic N) is 4. The first-order valence-corrected chi connectivity index (χ1v) is 10.9. The molecule has 28 heavy (non-hydrogen) atoms. The molecule has 3 aliphatic rings. The van der Waals surface area contributed by atoms with Crippen LogP contribution in [0.25, 0.3) is 21.7 Å². The highest BCUT2D eigenvalue weighted by Crippen LogP contribution is 2.38. The van der Waals surface area contributed by atoms with E-state index in [0.29, 0.717) is 40.8 Å². The zero-order valence-electron chi connectivity index (χ0n) is 14.3. The quantitative estimate of drug-likeness (QED) is 0.648. The summed E-state index contributed by atoms with van der Waals surface area (Å²) in [5.41, 5.74) is 1.29. The highest BCUT2D eigenvalue weighted by Gasteiger charge is 2.48. The molecule has 3 N–H and O–H groups in total. The average molecular weight is 421 g/mol. The lowest BCUT2D eigenvalue weighted by atomic mass is 9.88. The number of sulfonamides is 1. The molecule has 3 fully saturated rings. The molecule has 3 aliphatic heterocycles. The number of amides is 1. The normalized spacial score (nSPS) is 21.8. The topological polar surface area (TPSA) is 143 Å². The minimum Gasteiger partial charge on any atom is -0.465 e. The van der Waals surface area contributed by atoms with Gasteiger partial charge in [0.1, 0.15) is 10.5 Å². The molecule has 146 valence electrons. The number of primary sulfonamides is 1. The van der Waals surface area contributed by atoms with Crippen molar-refractivity contribution in [1.82, 2.24) is 14.9 Å². The van der Waals surface area contributed by atoms with E-state index in [1.165, 1.54) is 28.4 Å². The number of nitrogens with two attached hydrogens (primary N) is 1. The molecule has 0 radical (unpaired) electrons. The molecule has 2 aromatic heterocycles. The molecule has 2 bridgehead atoms. The van der Waals surface area contributed by atoms with Crippen LogP contribution in [0, 0.1) is 0 Å². The van der Waals surface area contributed by atoms with Gasteiger partial charge in [-0.15, -0.1) is 11.3 Å². The minimum atomic E-state index is -3.93. The third-order valence-corrected chi connectivity index (χ3v) is 6.83. The molecule has 1 aromatic carbocycles. The fraction of sp³-hybridized carbons (Fsp3) is 0.312. The Hall–Kier alpha value is -2.70. The maximum absolute atomic E-state index is 11.9. The van der Waals surface area contributed by atoms with Crippen LogP contribution in [0.15, 0.2) is 33.0 Å². The number of fused-ring (bicyclic) bond motifs is 3. The molecule has 12 heteroatoms. The Labute approximate surface area is 163 Å². The van der Waals surface area contributed by atoms with Crippen LogP contribution in [0.2, 0.25) is 0 Å². The van der Waals surface area contributed by atoms with Gasteiger partial charge in [0, 0.05) is 24.7 Å². The zero-order valence-corrected chi connectivity index (χ0v) is 16.0. The summed E-state index contributed by atoms with van der Waals surface area (Å²) in [5.74, 6) is 0. The molecule has 3 saturated heterocycles. The standard InChI is InChI=1S/C16H15N5O5S2/c17-28(24,25)10-4-11(14-18-1-2-27-14)13-12(5-10)19-15(26-13)20-6-8-3-9(7-20)21(8)16(22)23/h1-2,4-5,8-9H,3,6-7H2,(H,22,23)(H2,17,24,25). The monoisotopic (exact) mass is 421 g/mol. The molecule has 3 aromatic rings. The van der Waals surface area contributed by atoms with Crippen molar-refractivity contribution < 1.29 is 22.7 Å². The number of thiazole rings is 1.